The number of benzene rings is 1. The number of amidine groups is 1. The zero-order chi connectivity index (χ0) is 19.2. The summed E-state index contributed by atoms with van der Waals surface area (Å²) >= 11 is 0. The molecule has 2 aliphatic rings. The number of allylic oxidation sites excluding steroid dienone is 3. The molecule has 1 N–H and O–H groups in total. The van der Waals surface area contributed by atoms with Gasteiger partial charge in [-0.25, -0.2) is 0 Å². The van der Waals surface area contributed by atoms with E-state index in [1.165, 1.54) is 17.6 Å². The highest BCUT2D eigenvalue weighted by atomic mass is 15.3. The zero-order valence-electron chi connectivity index (χ0n) is 16.5. The molecule has 0 atom stereocenters. The minimum atomic E-state index is 0.784. The van der Waals surface area contributed by atoms with Crippen LogP contribution in [0.15, 0.2) is 66.6 Å². The van der Waals surface area contributed by atoms with Crippen molar-refractivity contribution < 1.29 is 0 Å². The van der Waals surface area contributed by atoms with E-state index in [2.05, 4.69) is 59.6 Å². The predicted octanol–water partition coefficient (Wildman–Crippen LogP) is 4.12. The molecule has 142 valence electrons. The van der Waals surface area contributed by atoms with E-state index >= 15 is 0 Å². The molecule has 0 unspecified atom stereocenters. The maximum Gasteiger partial charge on any atom is 0.127 e. The van der Waals surface area contributed by atoms with Crippen molar-refractivity contribution in [3.05, 3.63) is 72.7 Å². The number of hydrogen-bond acceptors (Lipinski definition) is 4. The van der Waals surface area contributed by atoms with E-state index in [1.54, 1.807) is 0 Å². The highest BCUT2D eigenvalue weighted by molar-refractivity contribution is 5.97. The fraction of sp³-hybridized carbons (Fsp3) is 0.348. The molecule has 0 saturated heterocycles. The summed E-state index contributed by atoms with van der Waals surface area (Å²) < 4.78 is 0. The summed E-state index contributed by atoms with van der Waals surface area (Å²) in [5, 5.41) is 3.48. The molecule has 2 aliphatic heterocycles. The zero-order valence-corrected chi connectivity index (χ0v) is 16.5. The summed E-state index contributed by atoms with van der Waals surface area (Å²) in [5.41, 5.74) is 4.61. The van der Waals surface area contributed by atoms with Gasteiger partial charge in [0.1, 0.15) is 11.7 Å². The molecule has 4 heteroatoms. The van der Waals surface area contributed by atoms with Crippen LogP contribution in [0.3, 0.4) is 0 Å². The summed E-state index contributed by atoms with van der Waals surface area (Å²) in [6, 6.07) is 8.60. The molecule has 4 bridgehead atoms. The normalized spacial score (nSPS) is 22.2. The maximum atomic E-state index is 4.74. The second-order valence-corrected chi connectivity index (χ2v) is 7.23. The highest BCUT2D eigenvalue weighted by Crippen LogP contribution is 2.26. The second-order valence-electron chi connectivity index (χ2n) is 7.23. The van der Waals surface area contributed by atoms with E-state index in [1.807, 2.05) is 25.4 Å². The fourth-order valence-electron chi connectivity index (χ4n) is 3.43. The average molecular weight is 363 g/mol. The van der Waals surface area contributed by atoms with Gasteiger partial charge in [-0.3, -0.25) is 4.99 Å². The first-order valence-electron chi connectivity index (χ1n) is 9.65. The molecule has 2 heterocycles. The van der Waals surface area contributed by atoms with Gasteiger partial charge >= 0.3 is 0 Å². The van der Waals surface area contributed by atoms with Gasteiger partial charge in [0.15, 0.2) is 0 Å². The second kappa shape index (κ2) is 8.87. The fourth-order valence-corrected chi connectivity index (χ4v) is 3.43. The molecule has 0 aliphatic carbocycles. The lowest BCUT2D eigenvalue weighted by molar-refractivity contribution is 0.335. The molecule has 3 rings (SSSR count). The summed E-state index contributed by atoms with van der Waals surface area (Å²) in [6.07, 6.45) is 9.34. The number of likely N-dealkylation sites (N-methyl/N-ethyl adjacent to an activating group) is 1. The van der Waals surface area contributed by atoms with Crippen LogP contribution in [0.25, 0.3) is 11.1 Å². The minimum Gasteiger partial charge on any atom is -0.337 e. The number of nitrogens with zero attached hydrogens (tertiary/aromatic N) is 3. The molecule has 0 spiro atoms. The van der Waals surface area contributed by atoms with Crippen LogP contribution in [0.2, 0.25) is 0 Å². The van der Waals surface area contributed by atoms with Crippen molar-refractivity contribution in [3.63, 3.8) is 0 Å². The topological polar surface area (TPSA) is 30.9 Å². The Morgan fingerprint density at radius 2 is 1.96 bits per heavy atom. The average Bonchev–Trinajstić information content (AvgIpc) is 2.67. The van der Waals surface area contributed by atoms with E-state index < -0.39 is 0 Å². The number of hydrogen-bond donors (Lipinski definition) is 1. The van der Waals surface area contributed by atoms with Gasteiger partial charge in [0.25, 0.3) is 0 Å². The number of rotatable bonds is 1. The molecule has 0 fully saturated rings. The maximum absolute atomic E-state index is 4.74. The van der Waals surface area contributed by atoms with Gasteiger partial charge in [0, 0.05) is 25.4 Å². The first-order valence-corrected chi connectivity index (χ1v) is 9.65. The third kappa shape index (κ3) is 4.77. The molecule has 0 aromatic heterocycles. The summed E-state index contributed by atoms with van der Waals surface area (Å²) in [6.45, 7) is 11.2. The molecule has 0 radical (unpaired) electrons. The summed E-state index contributed by atoms with van der Waals surface area (Å²) in [5.74, 6) is 1.89. The van der Waals surface area contributed by atoms with Crippen molar-refractivity contribution in [2.24, 2.45) is 4.99 Å². The molecule has 0 saturated carbocycles. The number of nitrogens with one attached hydrogen (secondary N) is 1. The first-order chi connectivity index (χ1) is 13.1. The van der Waals surface area contributed by atoms with E-state index in [9.17, 15) is 0 Å². The Kier molecular flexibility index (Phi) is 6.30. The van der Waals surface area contributed by atoms with Crippen LogP contribution < -0.4 is 5.32 Å². The van der Waals surface area contributed by atoms with Crippen molar-refractivity contribution in [2.45, 2.75) is 19.3 Å². The van der Waals surface area contributed by atoms with Crippen LogP contribution in [0.5, 0.6) is 0 Å². The monoisotopic (exact) mass is 362 g/mol. The van der Waals surface area contributed by atoms with Crippen molar-refractivity contribution >= 4 is 17.0 Å². The largest absolute Gasteiger partial charge is 0.337 e. The molecule has 4 nitrogen and oxygen atoms in total. The Bertz CT molecular complexity index is 800. The van der Waals surface area contributed by atoms with E-state index in [4.69, 9.17) is 4.99 Å². The van der Waals surface area contributed by atoms with Gasteiger partial charge in [-0.1, -0.05) is 37.4 Å². The van der Waals surface area contributed by atoms with E-state index in [0.29, 0.717) is 0 Å². The van der Waals surface area contributed by atoms with Crippen molar-refractivity contribution in [2.75, 3.05) is 33.7 Å². The molecule has 1 aromatic carbocycles. The molecule has 0 amide bonds. The smallest absolute Gasteiger partial charge is 0.127 e. The SMILES string of the molecule is C=C/C1=C2/NC(=NCCN(C)CCCCC(=C)c3cccc1c3)C=CN2C. The lowest BCUT2D eigenvalue weighted by atomic mass is 9.96. The summed E-state index contributed by atoms with van der Waals surface area (Å²) in [4.78, 5) is 9.16. The van der Waals surface area contributed by atoms with Gasteiger partial charge in [-0.05, 0) is 61.7 Å². The van der Waals surface area contributed by atoms with Gasteiger partial charge in [0.05, 0.1) is 6.54 Å². The van der Waals surface area contributed by atoms with Crippen LogP contribution in [0.4, 0.5) is 0 Å². The van der Waals surface area contributed by atoms with Crippen LogP contribution in [0, 0.1) is 0 Å². The minimum absolute atomic E-state index is 0.784. The van der Waals surface area contributed by atoms with Crippen LogP contribution in [0.1, 0.15) is 30.4 Å². The van der Waals surface area contributed by atoms with E-state index in [-0.39, 0.29) is 0 Å². The Morgan fingerprint density at radius 1 is 1.15 bits per heavy atom. The molecule has 1 aromatic rings. The third-order valence-electron chi connectivity index (χ3n) is 5.13. The third-order valence-corrected chi connectivity index (χ3v) is 5.13. The van der Waals surface area contributed by atoms with Crippen molar-refractivity contribution in [3.8, 4) is 0 Å². The molecule has 27 heavy (non-hydrogen) atoms. The van der Waals surface area contributed by atoms with E-state index in [0.717, 1.165) is 55.3 Å². The molecular formula is C23H30N4. The quantitative estimate of drug-likeness (QED) is 0.815. The number of aliphatic imine (C=N–C) groups is 1. The first kappa shape index (κ1) is 19.2. The lowest BCUT2D eigenvalue weighted by Crippen LogP contribution is -2.35. The standard InChI is InChI=1S/C23H30N4/c1-5-21-20-11-8-10-19(17-20)18(2)9-6-7-14-26(3)16-13-24-22-12-15-27(4)23(21)25-22/h5,8,10-12,15,17H,1-2,6-7,9,13-14,16H2,3-4H3,(H,24,25)/b23-21+. The Hall–Kier alpha value is -2.59. The van der Waals surface area contributed by atoms with Crippen molar-refractivity contribution in [1.29, 1.82) is 0 Å². The van der Waals surface area contributed by atoms with Gasteiger partial charge in [-0.2, -0.15) is 0 Å². The molecular weight excluding hydrogens is 332 g/mol. The van der Waals surface area contributed by atoms with Crippen LogP contribution in [-0.2, 0) is 0 Å². The van der Waals surface area contributed by atoms with Gasteiger partial charge in [0.2, 0.25) is 0 Å². The Balaban J connectivity index is 2.03. The lowest BCUT2D eigenvalue weighted by Gasteiger charge is -2.27. The van der Waals surface area contributed by atoms with Crippen LogP contribution in [-0.4, -0.2) is 49.4 Å². The van der Waals surface area contributed by atoms with Crippen LogP contribution >= 0.6 is 0 Å². The summed E-state index contributed by atoms with van der Waals surface area (Å²) in [7, 11) is 4.20. The highest BCUT2D eigenvalue weighted by Gasteiger charge is 2.16. The van der Waals surface area contributed by atoms with Gasteiger partial charge < -0.3 is 15.1 Å². The Morgan fingerprint density at radius 3 is 2.78 bits per heavy atom. The van der Waals surface area contributed by atoms with Crippen molar-refractivity contribution in [1.82, 2.24) is 15.1 Å². The number of fused-ring (bicyclic) bond motifs is 4. The predicted molar refractivity (Wildman–Crippen MR) is 116 cm³/mol. The van der Waals surface area contributed by atoms with Gasteiger partial charge in [-0.15, -0.1) is 0 Å². The Labute approximate surface area is 163 Å².